The molecule has 0 aliphatic carbocycles. The van der Waals surface area contributed by atoms with E-state index in [1.165, 1.54) is 12.1 Å². The number of benzene rings is 2. The van der Waals surface area contributed by atoms with Crippen LogP contribution in [0.25, 0.3) is 0 Å². The van der Waals surface area contributed by atoms with Crippen LogP contribution in [0.4, 0.5) is 0 Å². The van der Waals surface area contributed by atoms with Gasteiger partial charge >= 0.3 is 0 Å². The summed E-state index contributed by atoms with van der Waals surface area (Å²) in [7, 11) is -3.90. The van der Waals surface area contributed by atoms with Crippen molar-refractivity contribution in [3.8, 4) is 11.5 Å². The van der Waals surface area contributed by atoms with Crippen LogP contribution in [0.5, 0.6) is 11.5 Å². The number of hydrogen-bond acceptors (Lipinski definition) is 7. The van der Waals surface area contributed by atoms with Crippen LogP contribution in [-0.4, -0.2) is 57.9 Å². The summed E-state index contributed by atoms with van der Waals surface area (Å²) < 4.78 is 39.3. The van der Waals surface area contributed by atoms with Crippen molar-refractivity contribution in [1.29, 1.82) is 0 Å². The fourth-order valence-electron chi connectivity index (χ4n) is 2.91. The molecular formula is C21H26N2O5S3. The Kier molecular flexibility index (Phi) is 8.94. The summed E-state index contributed by atoms with van der Waals surface area (Å²) in [5.41, 5.74) is 0. The van der Waals surface area contributed by atoms with Gasteiger partial charge in [-0.1, -0.05) is 18.2 Å². The molecule has 3 rings (SSSR count). The van der Waals surface area contributed by atoms with Gasteiger partial charge in [0.25, 0.3) is 0 Å². The molecule has 0 fully saturated rings. The van der Waals surface area contributed by atoms with Crippen LogP contribution in [0, 0.1) is 0 Å². The number of rotatable bonds is 11. The molecule has 0 saturated heterocycles. The molecule has 10 heteroatoms. The molecule has 0 aromatic heterocycles. The lowest BCUT2D eigenvalue weighted by Crippen LogP contribution is -2.47. The van der Waals surface area contributed by atoms with Crippen molar-refractivity contribution in [2.45, 2.75) is 22.3 Å². The molecule has 31 heavy (non-hydrogen) atoms. The molecule has 1 unspecified atom stereocenters. The molecule has 2 N–H and O–H groups in total. The van der Waals surface area contributed by atoms with E-state index in [4.69, 9.17) is 9.47 Å². The second-order valence-corrected chi connectivity index (χ2v) is 10.6. The Bertz CT molecular complexity index is 970. The van der Waals surface area contributed by atoms with Crippen molar-refractivity contribution in [3.05, 3.63) is 48.5 Å². The number of carbonyl (C=O) groups is 1. The van der Waals surface area contributed by atoms with E-state index in [0.29, 0.717) is 49.2 Å². The summed E-state index contributed by atoms with van der Waals surface area (Å²) >= 11 is 3.19. The molecule has 1 aliphatic heterocycles. The molecule has 1 aliphatic rings. The highest BCUT2D eigenvalue weighted by molar-refractivity contribution is 7.99. The molecule has 0 bridgehead atoms. The summed E-state index contributed by atoms with van der Waals surface area (Å²) in [6, 6.07) is 13.5. The molecule has 168 valence electrons. The Hall–Kier alpha value is -1.88. The lowest BCUT2D eigenvalue weighted by Gasteiger charge is -2.21. The lowest BCUT2D eigenvalue weighted by atomic mass is 10.2. The van der Waals surface area contributed by atoms with E-state index < -0.39 is 16.1 Å². The number of nitrogens with one attached hydrogen (secondary N) is 2. The molecule has 2 aromatic carbocycles. The van der Waals surface area contributed by atoms with Crippen LogP contribution < -0.4 is 19.5 Å². The molecule has 2 aromatic rings. The fourth-order valence-corrected chi connectivity index (χ4v) is 5.41. The Balaban J connectivity index is 1.60. The zero-order valence-electron chi connectivity index (χ0n) is 17.2. The smallest absolute Gasteiger partial charge is 0.241 e. The first-order chi connectivity index (χ1) is 15.0. The largest absolute Gasteiger partial charge is 0.486 e. The van der Waals surface area contributed by atoms with Crippen molar-refractivity contribution in [2.24, 2.45) is 0 Å². The molecule has 1 amide bonds. The number of hydrogen-bond donors (Lipinski definition) is 2. The molecule has 0 spiro atoms. The van der Waals surface area contributed by atoms with Crippen molar-refractivity contribution in [3.63, 3.8) is 0 Å². The van der Waals surface area contributed by atoms with E-state index in [1.807, 2.05) is 36.6 Å². The first-order valence-electron chi connectivity index (χ1n) is 9.86. The highest BCUT2D eigenvalue weighted by atomic mass is 32.2. The van der Waals surface area contributed by atoms with E-state index in [2.05, 4.69) is 10.0 Å². The fraction of sp³-hybridized carbons (Fsp3) is 0.381. The topological polar surface area (TPSA) is 93.7 Å². The number of carbonyl (C=O) groups excluding carboxylic acids is 1. The van der Waals surface area contributed by atoms with Gasteiger partial charge in [-0.3, -0.25) is 4.79 Å². The Morgan fingerprint density at radius 2 is 1.81 bits per heavy atom. The first kappa shape index (κ1) is 23.8. The van der Waals surface area contributed by atoms with Gasteiger partial charge in [0.05, 0.1) is 4.90 Å². The van der Waals surface area contributed by atoms with Gasteiger partial charge in [0.1, 0.15) is 19.3 Å². The minimum absolute atomic E-state index is 0.0401. The van der Waals surface area contributed by atoms with Crippen molar-refractivity contribution < 1.29 is 22.7 Å². The highest BCUT2D eigenvalue weighted by Gasteiger charge is 2.26. The predicted molar refractivity (Wildman–Crippen MR) is 125 cm³/mol. The Morgan fingerprint density at radius 3 is 2.55 bits per heavy atom. The normalized spacial score (nSPS) is 14.1. The number of ether oxygens (including phenoxy) is 2. The molecule has 1 atom stereocenters. The van der Waals surface area contributed by atoms with Crippen molar-refractivity contribution in [1.82, 2.24) is 10.0 Å². The highest BCUT2D eigenvalue weighted by Crippen LogP contribution is 2.32. The number of sulfonamides is 1. The minimum atomic E-state index is -3.90. The van der Waals surface area contributed by atoms with Crippen LogP contribution in [0.15, 0.2) is 58.3 Å². The zero-order chi connectivity index (χ0) is 22.1. The number of thioether (sulfide) groups is 2. The van der Waals surface area contributed by atoms with E-state index in [9.17, 15) is 13.2 Å². The molecule has 0 saturated carbocycles. The summed E-state index contributed by atoms with van der Waals surface area (Å²) in [6.45, 7) is 1.24. The number of fused-ring (bicyclic) bond motifs is 1. The lowest BCUT2D eigenvalue weighted by molar-refractivity contribution is -0.122. The van der Waals surface area contributed by atoms with Crippen LogP contribution in [-0.2, 0) is 14.8 Å². The van der Waals surface area contributed by atoms with Gasteiger partial charge in [0.15, 0.2) is 11.5 Å². The Labute approximate surface area is 191 Å². The maximum atomic E-state index is 12.9. The zero-order valence-corrected chi connectivity index (χ0v) is 19.7. The maximum absolute atomic E-state index is 12.9. The van der Waals surface area contributed by atoms with Crippen molar-refractivity contribution >= 4 is 39.5 Å². The van der Waals surface area contributed by atoms with Gasteiger partial charge in [-0.05, 0) is 42.7 Å². The second-order valence-electron chi connectivity index (χ2n) is 6.71. The van der Waals surface area contributed by atoms with Crippen molar-refractivity contribution in [2.75, 3.05) is 37.5 Å². The molecule has 0 radical (unpaired) electrons. The van der Waals surface area contributed by atoms with Crippen LogP contribution in [0.1, 0.15) is 6.42 Å². The molecule has 1 heterocycles. The third kappa shape index (κ3) is 7.06. The minimum Gasteiger partial charge on any atom is -0.486 e. The van der Waals surface area contributed by atoms with Gasteiger partial charge < -0.3 is 14.8 Å². The van der Waals surface area contributed by atoms with Crippen LogP contribution in [0.3, 0.4) is 0 Å². The van der Waals surface area contributed by atoms with E-state index in [0.717, 1.165) is 4.90 Å². The van der Waals surface area contributed by atoms with Gasteiger partial charge in [-0.15, -0.1) is 11.8 Å². The Morgan fingerprint density at radius 1 is 1.06 bits per heavy atom. The number of amides is 1. The second kappa shape index (κ2) is 11.7. The first-order valence-corrected chi connectivity index (χ1v) is 13.7. The average molecular weight is 483 g/mol. The third-order valence-corrected chi connectivity index (χ3v) is 7.59. The maximum Gasteiger partial charge on any atom is 0.241 e. The van der Waals surface area contributed by atoms with Gasteiger partial charge in [-0.2, -0.15) is 16.5 Å². The quantitative estimate of drug-likeness (QED) is 0.376. The monoisotopic (exact) mass is 482 g/mol. The van der Waals surface area contributed by atoms with E-state index in [1.54, 1.807) is 29.6 Å². The molecular weight excluding hydrogens is 456 g/mol. The van der Waals surface area contributed by atoms with Crippen LogP contribution in [0.2, 0.25) is 0 Å². The summed E-state index contributed by atoms with van der Waals surface area (Å²) in [4.78, 5) is 13.9. The third-order valence-electron chi connectivity index (χ3n) is 4.46. The van der Waals surface area contributed by atoms with E-state index >= 15 is 0 Å². The molecule has 7 nitrogen and oxygen atoms in total. The summed E-state index contributed by atoms with van der Waals surface area (Å²) in [5.74, 6) is 1.92. The van der Waals surface area contributed by atoms with Gasteiger partial charge in [0, 0.05) is 23.3 Å². The predicted octanol–water partition coefficient (Wildman–Crippen LogP) is 2.77. The van der Waals surface area contributed by atoms with Gasteiger partial charge in [0.2, 0.25) is 15.9 Å². The van der Waals surface area contributed by atoms with Crippen LogP contribution >= 0.6 is 23.5 Å². The SMILES string of the molecule is CSCCC(NS(=O)(=O)c1ccc2c(c1)OCCO2)C(=O)NCCSc1ccccc1. The van der Waals surface area contributed by atoms with Gasteiger partial charge in [-0.25, -0.2) is 8.42 Å². The van der Waals surface area contributed by atoms with E-state index in [-0.39, 0.29) is 10.8 Å². The summed E-state index contributed by atoms with van der Waals surface area (Å²) in [5, 5.41) is 2.85. The standard InChI is InChI=1S/C21H26N2O5S3/c1-29-13-9-18(21(24)22-10-14-30-16-5-3-2-4-6-16)23-31(25,26)17-7-8-19-20(15-17)28-12-11-27-19/h2-8,15,18,23H,9-14H2,1H3,(H,22,24). The average Bonchev–Trinajstić information content (AvgIpc) is 2.79. The summed E-state index contributed by atoms with van der Waals surface area (Å²) in [6.07, 6.45) is 2.31.